The highest BCUT2D eigenvalue weighted by molar-refractivity contribution is 7.92. The maximum Gasteiger partial charge on any atom is 0.292 e. The molecule has 2 aliphatic carbocycles. The number of carbonyl (C=O) groups excluding carboxylic acids is 1. The molecule has 16 heavy (non-hydrogen) atoms. The molecule has 0 aromatic carbocycles. The molecule has 4 nitrogen and oxygen atoms in total. The van der Waals surface area contributed by atoms with E-state index in [-0.39, 0.29) is 5.25 Å². The van der Waals surface area contributed by atoms with Crippen molar-refractivity contribution in [2.24, 2.45) is 17.8 Å². The minimum absolute atomic E-state index is 0.0937. The van der Waals surface area contributed by atoms with Gasteiger partial charge in [0, 0.05) is 0 Å². The van der Waals surface area contributed by atoms with Crippen LogP contribution >= 0.6 is 0 Å². The lowest BCUT2D eigenvalue weighted by Crippen LogP contribution is -2.28. The van der Waals surface area contributed by atoms with E-state index >= 15 is 0 Å². The van der Waals surface area contributed by atoms with Gasteiger partial charge in [0.25, 0.3) is 6.47 Å². The summed E-state index contributed by atoms with van der Waals surface area (Å²) in [4.78, 5) is 8.95. The summed E-state index contributed by atoms with van der Waals surface area (Å²) in [7, 11) is -1.34. The Morgan fingerprint density at radius 1 is 1.19 bits per heavy atom. The zero-order valence-corrected chi connectivity index (χ0v) is 10.3. The van der Waals surface area contributed by atoms with Gasteiger partial charge in [0.15, 0.2) is 9.84 Å². The Bertz CT molecular complexity index is 362. The standard InChI is InChI=1S/C9H14O2S.C2H4O2/c10-12(11)4-3-8-6-1-2-7(5-6)9(8)12;1-4-2-3/h6-9H,1-5H2;2H,1H3. The van der Waals surface area contributed by atoms with Crippen LogP contribution in [0.2, 0.25) is 0 Å². The molecule has 92 valence electrons. The third-order valence-electron chi connectivity index (χ3n) is 4.25. The summed E-state index contributed by atoms with van der Waals surface area (Å²) < 4.78 is 27.1. The zero-order valence-electron chi connectivity index (χ0n) is 9.46. The van der Waals surface area contributed by atoms with E-state index < -0.39 is 9.84 Å². The Balaban J connectivity index is 0.000000212. The summed E-state index contributed by atoms with van der Waals surface area (Å²) >= 11 is 0. The summed E-state index contributed by atoms with van der Waals surface area (Å²) in [5.74, 6) is 2.37. The van der Waals surface area contributed by atoms with Crippen LogP contribution in [0.4, 0.5) is 0 Å². The van der Waals surface area contributed by atoms with E-state index in [9.17, 15) is 8.42 Å². The van der Waals surface area contributed by atoms with E-state index in [0.29, 0.717) is 24.1 Å². The second kappa shape index (κ2) is 4.35. The normalized spacial score (nSPS) is 42.1. The number of methoxy groups -OCH3 is 1. The van der Waals surface area contributed by atoms with Crippen molar-refractivity contribution in [3.63, 3.8) is 0 Å². The lowest BCUT2D eigenvalue weighted by atomic mass is 9.87. The van der Waals surface area contributed by atoms with Crippen molar-refractivity contribution in [1.29, 1.82) is 0 Å². The van der Waals surface area contributed by atoms with Gasteiger partial charge in [-0.1, -0.05) is 0 Å². The summed E-state index contributed by atoms with van der Waals surface area (Å²) in [6.45, 7) is 0.375. The highest BCUT2D eigenvalue weighted by atomic mass is 32.2. The van der Waals surface area contributed by atoms with Crippen LogP contribution in [0.25, 0.3) is 0 Å². The van der Waals surface area contributed by atoms with Gasteiger partial charge in [-0.15, -0.1) is 0 Å². The molecule has 5 heteroatoms. The van der Waals surface area contributed by atoms with Gasteiger partial charge >= 0.3 is 0 Å². The highest BCUT2D eigenvalue weighted by Gasteiger charge is 2.56. The Hall–Kier alpha value is -0.580. The number of carbonyl (C=O) groups is 1. The van der Waals surface area contributed by atoms with Gasteiger partial charge in [0.05, 0.1) is 18.1 Å². The largest absolute Gasteiger partial charge is 0.471 e. The molecule has 0 amide bonds. The van der Waals surface area contributed by atoms with Crippen LogP contribution in [-0.2, 0) is 19.4 Å². The fourth-order valence-electron chi connectivity index (χ4n) is 3.75. The fourth-order valence-corrected chi connectivity index (χ4v) is 6.35. The third-order valence-corrected chi connectivity index (χ3v) is 6.62. The number of ether oxygens (including phenoxy) is 1. The lowest BCUT2D eigenvalue weighted by molar-refractivity contribution is -0.126. The molecule has 3 rings (SSSR count). The summed E-state index contributed by atoms with van der Waals surface area (Å²) in [6.07, 6.45) is 4.68. The van der Waals surface area contributed by atoms with Crippen molar-refractivity contribution in [2.75, 3.05) is 12.9 Å². The first kappa shape index (κ1) is 11.9. The van der Waals surface area contributed by atoms with Crippen LogP contribution < -0.4 is 0 Å². The monoisotopic (exact) mass is 246 g/mol. The van der Waals surface area contributed by atoms with Gasteiger partial charge in [0.2, 0.25) is 0 Å². The molecule has 0 aromatic heterocycles. The zero-order chi connectivity index (χ0) is 11.8. The van der Waals surface area contributed by atoms with E-state index in [2.05, 4.69) is 4.74 Å². The Kier molecular flexibility index (Phi) is 3.24. The molecule has 0 aromatic rings. The average Bonchev–Trinajstić information content (AvgIpc) is 2.92. The smallest absolute Gasteiger partial charge is 0.292 e. The van der Waals surface area contributed by atoms with E-state index in [1.54, 1.807) is 0 Å². The van der Waals surface area contributed by atoms with Gasteiger partial charge in [-0.25, -0.2) is 8.42 Å². The van der Waals surface area contributed by atoms with Crippen molar-refractivity contribution in [3.05, 3.63) is 0 Å². The van der Waals surface area contributed by atoms with E-state index in [1.165, 1.54) is 26.4 Å². The van der Waals surface area contributed by atoms with Crippen LogP contribution in [0.1, 0.15) is 25.7 Å². The lowest BCUT2D eigenvalue weighted by Gasteiger charge is -2.22. The summed E-state index contributed by atoms with van der Waals surface area (Å²) in [5, 5.41) is 0.0937. The molecular weight excluding hydrogens is 228 g/mol. The van der Waals surface area contributed by atoms with E-state index in [4.69, 9.17) is 4.79 Å². The molecule has 1 heterocycles. The second-order valence-electron chi connectivity index (χ2n) is 4.95. The molecule has 2 bridgehead atoms. The predicted molar refractivity (Wildman–Crippen MR) is 59.6 cm³/mol. The molecule has 3 fully saturated rings. The van der Waals surface area contributed by atoms with Gasteiger partial charge in [0.1, 0.15) is 0 Å². The predicted octanol–water partition coefficient (Wildman–Crippen LogP) is 1.01. The van der Waals surface area contributed by atoms with Gasteiger partial charge in [-0.3, -0.25) is 4.79 Å². The molecule has 0 N–H and O–H groups in total. The van der Waals surface area contributed by atoms with Gasteiger partial charge in [-0.05, 0) is 43.4 Å². The van der Waals surface area contributed by atoms with Crippen molar-refractivity contribution >= 4 is 16.3 Å². The molecule has 3 aliphatic rings. The fraction of sp³-hybridized carbons (Fsp3) is 0.909. The van der Waals surface area contributed by atoms with E-state index in [0.717, 1.165) is 12.3 Å². The Labute approximate surface area is 96.3 Å². The summed E-state index contributed by atoms with van der Waals surface area (Å²) in [5.41, 5.74) is 0. The number of rotatable bonds is 1. The first-order chi connectivity index (χ1) is 7.60. The number of hydrogen-bond acceptors (Lipinski definition) is 4. The highest BCUT2D eigenvalue weighted by Crippen LogP contribution is 2.55. The molecular formula is C11H18O4S. The van der Waals surface area contributed by atoms with Crippen LogP contribution in [0, 0.1) is 17.8 Å². The molecule has 1 saturated heterocycles. The maximum atomic E-state index is 11.6. The number of fused-ring (bicyclic) bond motifs is 5. The molecule has 1 aliphatic heterocycles. The minimum atomic E-state index is -2.65. The first-order valence-corrected chi connectivity index (χ1v) is 7.49. The van der Waals surface area contributed by atoms with Crippen molar-refractivity contribution in [1.82, 2.24) is 0 Å². The minimum Gasteiger partial charge on any atom is -0.471 e. The van der Waals surface area contributed by atoms with E-state index in [1.807, 2.05) is 0 Å². The van der Waals surface area contributed by atoms with Crippen molar-refractivity contribution < 1.29 is 17.9 Å². The maximum absolute atomic E-state index is 11.6. The molecule has 4 atom stereocenters. The number of hydrogen-bond donors (Lipinski definition) is 0. The average molecular weight is 246 g/mol. The second-order valence-corrected chi connectivity index (χ2v) is 7.23. The molecule has 0 radical (unpaired) electrons. The Morgan fingerprint density at radius 3 is 2.38 bits per heavy atom. The van der Waals surface area contributed by atoms with Gasteiger partial charge in [-0.2, -0.15) is 0 Å². The quantitative estimate of drug-likeness (QED) is 0.648. The van der Waals surface area contributed by atoms with Crippen molar-refractivity contribution in [3.8, 4) is 0 Å². The molecule has 4 unspecified atom stereocenters. The Morgan fingerprint density at radius 2 is 1.81 bits per heavy atom. The molecule has 2 saturated carbocycles. The SMILES string of the molecule is COC=O.O=S1(=O)CCC2C3CCC(C3)C21. The first-order valence-electron chi connectivity index (χ1n) is 5.78. The van der Waals surface area contributed by atoms with Crippen LogP contribution in [0.15, 0.2) is 0 Å². The van der Waals surface area contributed by atoms with Crippen LogP contribution in [0.3, 0.4) is 0 Å². The third kappa shape index (κ3) is 1.85. The molecule has 0 spiro atoms. The van der Waals surface area contributed by atoms with Crippen LogP contribution in [-0.4, -0.2) is 33.0 Å². The van der Waals surface area contributed by atoms with Gasteiger partial charge < -0.3 is 4.74 Å². The van der Waals surface area contributed by atoms with Crippen molar-refractivity contribution in [2.45, 2.75) is 30.9 Å². The van der Waals surface area contributed by atoms with Crippen LogP contribution in [0.5, 0.6) is 0 Å². The topological polar surface area (TPSA) is 60.4 Å². The number of sulfone groups is 1. The summed E-state index contributed by atoms with van der Waals surface area (Å²) in [6, 6.07) is 0.